The van der Waals surface area contributed by atoms with Crippen LogP contribution in [0.15, 0.2) is 18.5 Å². The van der Waals surface area contributed by atoms with Crippen molar-refractivity contribution in [2.75, 3.05) is 25.1 Å². The summed E-state index contributed by atoms with van der Waals surface area (Å²) in [4.78, 5) is 6.53. The molecule has 88 valence electrons. The van der Waals surface area contributed by atoms with Gasteiger partial charge in [-0.15, -0.1) is 0 Å². The van der Waals surface area contributed by atoms with E-state index in [1.807, 2.05) is 12.3 Å². The molecule has 0 unspecified atom stereocenters. The van der Waals surface area contributed by atoms with E-state index in [2.05, 4.69) is 9.88 Å². The molecule has 4 heteroatoms. The van der Waals surface area contributed by atoms with Gasteiger partial charge in [-0.1, -0.05) is 0 Å². The Hall–Kier alpha value is -1.13. The van der Waals surface area contributed by atoms with Gasteiger partial charge < -0.3 is 15.4 Å². The first-order valence-electron chi connectivity index (χ1n) is 5.76. The SMILES string of the molecule is COC1CCN(c2cnccc2CN)CC1. The van der Waals surface area contributed by atoms with E-state index < -0.39 is 0 Å². The van der Waals surface area contributed by atoms with Crippen molar-refractivity contribution in [2.45, 2.75) is 25.5 Å². The van der Waals surface area contributed by atoms with Crippen LogP contribution in [0.3, 0.4) is 0 Å². The fourth-order valence-electron chi connectivity index (χ4n) is 2.20. The normalized spacial score (nSPS) is 17.8. The third-order valence-corrected chi connectivity index (χ3v) is 3.22. The van der Waals surface area contributed by atoms with Gasteiger partial charge in [0.25, 0.3) is 0 Å². The maximum atomic E-state index is 5.73. The van der Waals surface area contributed by atoms with Crippen molar-refractivity contribution in [3.8, 4) is 0 Å². The van der Waals surface area contributed by atoms with Gasteiger partial charge in [-0.05, 0) is 24.5 Å². The minimum atomic E-state index is 0.411. The summed E-state index contributed by atoms with van der Waals surface area (Å²) in [6, 6.07) is 2.00. The second-order valence-electron chi connectivity index (χ2n) is 4.13. The van der Waals surface area contributed by atoms with Crippen LogP contribution in [0.4, 0.5) is 5.69 Å². The molecule has 0 aromatic carbocycles. The Morgan fingerprint density at radius 3 is 2.88 bits per heavy atom. The highest BCUT2D eigenvalue weighted by molar-refractivity contribution is 5.51. The van der Waals surface area contributed by atoms with Crippen molar-refractivity contribution in [1.29, 1.82) is 0 Å². The van der Waals surface area contributed by atoms with Crippen LogP contribution in [-0.2, 0) is 11.3 Å². The maximum Gasteiger partial charge on any atom is 0.0605 e. The zero-order valence-electron chi connectivity index (χ0n) is 9.72. The first-order chi connectivity index (χ1) is 7.85. The lowest BCUT2D eigenvalue weighted by Gasteiger charge is -2.33. The number of piperidine rings is 1. The van der Waals surface area contributed by atoms with Crippen LogP contribution in [0.2, 0.25) is 0 Å². The largest absolute Gasteiger partial charge is 0.381 e. The van der Waals surface area contributed by atoms with E-state index in [-0.39, 0.29) is 0 Å². The summed E-state index contributed by atoms with van der Waals surface area (Å²) >= 11 is 0. The average Bonchev–Trinajstić information content (AvgIpc) is 2.39. The second kappa shape index (κ2) is 5.27. The highest BCUT2D eigenvalue weighted by Crippen LogP contribution is 2.23. The van der Waals surface area contributed by atoms with E-state index in [0.29, 0.717) is 12.6 Å². The third-order valence-electron chi connectivity index (χ3n) is 3.22. The van der Waals surface area contributed by atoms with Gasteiger partial charge in [0.05, 0.1) is 18.0 Å². The van der Waals surface area contributed by atoms with Gasteiger partial charge in [0.2, 0.25) is 0 Å². The summed E-state index contributed by atoms with van der Waals surface area (Å²) < 4.78 is 5.36. The summed E-state index contributed by atoms with van der Waals surface area (Å²) in [5, 5.41) is 0. The standard InChI is InChI=1S/C12H19N3O/c1-16-11-3-6-15(7-4-11)12-9-14-5-2-10(12)8-13/h2,5,9,11H,3-4,6-8,13H2,1H3. The minimum Gasteiger partial charge on any atom is -0.381 e. The summed E-state index contributed by atoms with van der Waals surface area (Å²) in [6.45, 7) is 2.62. The molecule has 16 heavy (non-hydrogen) atoms. The van der Waals surface area contributed by atoms with E-state index in [1.54, 1.807) is 13.3 Å². The Labute approximate surface area is 96.4 Å². The molecule has 4 nitrogen and oxygen atoms in total. The molecule has 0 spiro atoms. The molecule has 1 aliphatic heterocycles. The number of nitrogens with two attached hydrogens (primary N) is 1. The Morgan fingerprint density at radius 1 is 1.50 bits per heavy atom. The summed E-state index contributed by atoms with van der Waals surface area (Å²) in [6.07, 6.45) is 6.28. The highest BCUT2D eigenvalue weighted by atomic mass is 16.5. The Balaban J connectivity index is 2.07. The molecule has 2 heterocycles. The van der Waals surface area contributed by atoms with Crippen molar-refractivity contribution in [3.05, 3.63) is 24.0 Å². The number of ether oxygens (including phenoxy) is 1. The lowest BCUT2D eigenvalue weighted by atomic mass is 10.1. The van der Waals surface area contributed by atoms with Gasteiger partial charge in [-0.2, -0.15) is 0 Å². The number of pyridine rings is 1. The monoisotopic (exact) mass is 221 g/mol. The zero-order chi connectivity index (χ0) is 11.4. The predicted octanol–water partition coefficient (Wildman–Crippen LogP) is 1.16. The van der Waals surface area contributed by atoms with E-state index in [0.717, 1.165) is 25.9 Å². The smallest absolute Gasteiger partial charge is 0.0605 e. The number of methoxy groups -OCH3 is 1. The molecule has 1 saturated heterocycles. The topological polar surface area (TPSA) is 51.4 Å². The van der Waals surface area contributed by atoms with Crippen LogP contribution in [0.5, 0.6) is 0 Å². The zero-order valence-corrected chi connectivity index (χ0v) is 9.72. The van der Waals surface area contributed by atoms with Crippen molar-refractivity contribution in [3.63, 3.8) is 0 Å². The average molecular weight is 221 g/mol. The molecule has 0 amide bonds. The van der Waals surface area contributed by atoms with Crippen LogP contribution in [0.25, 0.3) is 0 Å². The van der Waals surface area contributed by atoms with Crippen molar-refractivity contribution < 1.29 is 4.74 Å². The van der Waals surface area contributed by atoms with Crippen LogP contribution in [0.1, 0.15) is 18.4 Å². The Morgan fingerprint density at radius 2 is 2.25 bits per heavy atom. The van der Waals surface area contributed by atoms with E-state index in [1.165, 1.54) is 11.3 Å². The molecule has 1 aromatic heterocycles. The molecule has 0 bridgehead atoms. The first-order valence-corrected chi connectivity index (χ1v) is 5.76. The molecule has 0 radical (unpaired) electrons. The van der Waals surface area contributed by atoms with Gasteiger partial charge in [0.1, 0.15) is 0 Å². The number of nitrogens with zero attached hydrogens (tertiary/aromatic N) is 2. The van der Waals surface area contributed by atoms with Crippen LogP contribution in [0, 0.1) is 0 Å². The molecule has 2 rings (SSSR count). The fraction of sp³-hybridized carbons (Fsp3) is 0.583. The first kappa shape index (κ1) is 11.4. The Bertz CT molecular complexity index is 335. The number of rotatable bonds is 3. The van der Waals surface area contributed by atoms with Crippen LogP contribution >= 0.6 is 0 Å². The molecule has 0 saturated carbocycles. The van der Waals surface area contributed by atoms with Crippen LogP contribution in [-0.4, -0.2) is 31.3 Å². The molecular formula is C12H19N3O. The number of aromatic nitrogens is 1. The lowest BCUT2D eigenvalue weighted by Crippen LogP contribution is -2.37. The van der Waals surface area contributed by atoms with Gasteiger partial charge in [0.15, 0.2) is 0 Å². The van der Waals surface area contributed by atoms with E-state index in [9.17, 15) is 0 Å². The van der Waals surface area contributed by atoms with Crippen molar-refractivity contribution >= 4 is 5.69 Å². The Kier molecular flexibility index (Phi) is 3.74. The maximum absolute atomic E-state index is 5.73. The predicted molar refractivity (Wildman–Crippen MR) is 64.4 cm³/mol. The van der Waals surface area contributed by atoms with Crippen molar-refractivity contribution in [1.82, 2.24) is 4.98 Å². The van der Waals surface area contributed by atoms with Crippen molar-refractivity contribution in [2.24, 2.45) is 5.73 Å². The fourth-order valence-corrected chi connectivity index (χ4v) is 2.20. The molecule has 1 fully saturated rings. The second-order valence-corrected chi connectivity index (χ2v) is 4.13. The van der Waals surface area contributed by atoms with E-state index in [4.69, 9.17) is 10.5 Å². The molecule has 0 aliphatic carbocycles. The summed E-state index contributed by atoms with van der Waals surface area (Å²) in [5.74, 6) is 0. The third kappa shape index (κ3) is 2.33. The summed E-state index contributed by atoms with van der Waals surface area (Å²) in [5.41, 5.74) is 8.08. The van der Waals surface area contributed by atoms with Crippen LogP contribution < -0.4 is 10.6 Å². The summed E-state index contributed by atoms with van der Waals surface area (Å²) in [7, 11) is 1.79. The lowest BCUT2D eigenvalue weighted by molar-refractivity contribution is 0.0819. The van der Waals surface area contributed by atoms with Gasteiger partial charge in [-0.25, -0.2) is 0 Å². The van der Waals surface area contributed by atoms with Gasteiger partial charge >= 0.3 is 0 Å². The molecular weight excluding hydrogens is 202 g/mol. The number of anilines is 1. The van der Waals surface area contributed by atoms with E-state index >= 15 is 0 Å². The molecule has 1 aromatic rings. The molecule has 2 N–H and O–H groups in total. The number of hydrogen-bond acceptors (Lipinski definition) is 4. The van der Waals surface area contributed by atoms with Gasteiger partial charge in [0, 0.05) is 32.9 Å². The highest BCUT2D eigenvalue weighted by Gasteiger charge is 2.20. The molecule has 0 atom stereocenters. The number of hydrogen-bond donors (Lipinski definition) is 1. The molecule has 1 aliphatic rings. The van der Waals surface area contributed by atoms with Gasteiger partial charge in [-0.3, -0.25) is 4.98 Å². The minimum absolute atomic E-state index is 0.411. The quantitative estimate of drug-likeness (QED) is 0.832.